The fraction of sp³-hybridized carbons (Fsp3) is 0.619. The van der Waals surface area contributed by atoms with Gasteiger partial charge >= 0.3 is 0 Å². The molecule has 0 unspecified atom stereocenters. The topological polar surface area (TPSA) is 57.4 Å². The van der Waals surface area contributed by atoms with Crippen LogP contribution in [0.4, 0.5) is 11.8 Å². The van der Waals surface area contributed by atoms with Crippen molar-refractivity contribution in [1.82, 2.24) is 14.9 Å². The van der Waals surface area contributed by atoms with Crippen molar-refractivity contribution in [2.45, 2.75) is 64.6 Å². The van der Waals surface area contributed by atoms with Crippen molar-refractivity contribution in [3.05, 3.63) is 34.9 Å². The molecule has 6 heteroatoms. The number of aryl methyl sites for hydroxylation is 1. The van der Waals surface area contributed by atoms with Gasteiger partial charge in [0.1, 0.15) is 17.3 Å². The van der Waals surface area contributed by atoms with E-state index in [2.05, 4.69) is 34.2 Å². The van der Waals surface area contributed by atoms with Crippen molar-refractivity contribution in [3.8, 4) is 0 Å². The molecule has 4 heterocycles. The molecule has 1 aliphatic carbocycles. The molecule has 0 amide bonds. The number of furan rings is 1. The molecule has 2 aromatic heterocycles. The maximum atomic E-state index is 5.92. The lowest BCUT2D eigenvalue weighted by molar-refractivity contribution is 0.222. The molecule has 0 aromatic carbocycles. The fourth-order valence-corrected chi connectivity index (χ4v) is 4.11. The highest BCUT2D eigenvalue weighted by atomic mass is 16.3. The minimum atomic E-state index is 0.600. The summed E-state index contributed by atoms with van der Waals surface area (Å²) in [5.41, 5.74) is 2.53. The minimum absolute atomic E-state index is 0.600. The number of hydrogen-bond acceptors (Lipinski definition) is 6. The van der Waals surface area contributed by atoms with Gasteiger partial charge in [-0.3, -0.25) is 4.90 Å². The van der Waals surface area contributed by atoms with Crippen molar-refractivity contribution in [1.29, 1.82) is 0 Å². The first-order chi connectivity index (χ1) is 13.3. The molecular formula is C21H29N5O. The highest BCUT2D eigenvalue weighted by molar-refractivity contribution is 5.53. The zero-order valence-electron chi connectivity index (χ0n) is 16.2. The number of fused-ring (bicyclic) bond motifs is 1. The van der Waals surface area contributed by atoms with Gasteiger partial charge in [-0.05, 0) is 37.8 Å². The Morgan fingerprint density at radius 2 is 1.93 bits per heavy atom. The van der Waals surface area contributed by atoms with Crippen LogP contribution in [0.25, 0.3) is 0 Å². The lowest BCUT2D eigenvalue weighted by Gasteiger charge is -2.30. The van der Waals surface area contributed by atoms with Gasteiger partial charge in [0, 0.05) is 50.6 Å². The summed E-state index contributed by atoms with van der Waals surface area (Å²) in [6.45, 7) is 7.08. The Balaban J connectivity index is 1.38. The van der Waals surface area contributed by atoms with Crippen LogP contribution in [0.2, 0.25) is 0 Å². The van der Waals surface area contributed by atoms with Crippen LogP contribution >= 0.6 is 0 Å². The van der Waals surface area contributed by atoms with E-state index in [4.69, 9.17) is 14.4 Å². The second kappa shape index (κ2) is 7.15. The van der Waals surface area contributed by atoms with Crippen LogP contribution in [-0.4, -0.2) is 40.5 Å². The van der Waals surface area contributed by atoms with Crippen molar-refractivity contribution in [3.63, 3.8) is 0 Å². The zero-order valence-corrected chi connectivity index (χ0v) is 16.2. The zero-order chi connectivity index (χ0) is 18.2. The first-order valence-electron chi connectivity index (χ1n) is 10.5. The predicted octanol–water partition coefficient (Wildman–Crippen LogP) is 3.36. The van der Waals surface area contributed by atoms with Gasteiger partial charge in [-0.2, -0.15) is 4.98 Å². The largest absolute Gasteiger partial charge is 0.465 e. The molecule has 3 aliphatic rings. The molecule has 5 rings (SSSR count). The standard InChI is InChI=1S/C21H29N5O/c1-2-16-7-8-17(27-16)13-25-12-9-19-18(14-25)20(22-15-5-6-15)24-21(23-19)26-10-3-4-11-26/h7-8,15H,2-6,9-14H2,1H3,(H,22,23,24). The molecule has 2 aliphatic heterocycles. The third-order valence-corrected chi connectivity index (χ3v) is 5.88. The number of nitrogens with zero attached hydrogens (tertiary/aromatic N) is 4. The lowest BCUT2D eigenvalue weighted by atomic mass is 10.1. The summed E-state index contributed by atoms with van der Waals surface area (Å²) >= 11 is 0. The number of anilines is 2. The fourth-order valence-electron chi connectivity index (χ4n) is 4.11. The van der Waals surface area contributed by atoms with Gasteiger partial charge in [0.05, 0.1) is 12.2 Å². The molecule has 0 spiro atoms. The second-order valence-corrected chi connectivity index (χ2v) is 8.09. The maximum absolute atomic E-state index is 5.92. The van der Waals surface area contributed by atoms with Crippen LogP contribution in [0.15, 0.2) is 16.5 Å². The van der Waals surface area contributed by atoms with Gasteiger partial charge in [-0.1, -0.05) is 6.92 Å². The highest BCUT2D eigenvalue weighted by Gasteiger charge is 2.29. The minimum Gasteiger partial charge on any atom is -0.465 e. The van der Waals surface area contributed by atoms with Crippen LogP contribution in [0, 0.1) is 0 Å². The summed E-state index contributed by atoms with van der Waals surface area (Å²) in [6, 6.07) is 4.81. The molecular weight excluding hydrogens is 338 g/mol. The van der Waals surface area contributed by atoms with Crippen LogP contribution in [0.5, 0.6) is 0 Å². The van der Waals surface area contributed by atoms with Crippen molar-refractivity contribution < 1.29 is 4.42 Å². The third-order valence-electron chi connectivity index (χ3n) is 5.88. The van der Waals surface area contributed by atoms with E-state index >= 15 is 0 Å². The van der Waals surface area contributed by atoms with Crippen LogP contribution < -0.4 is 10.2 Å². The van der Waals surface area contributed by atoms with Crippen molar-refractivity contribution in [2.75, 3.05) is 29.9 Å². The van der Waals surface area contributed by atoms with E-state index in [1.54, 1.807) is 0 Å². The summed E-state index contributed by atoms with van der Waals surface area (Å²) in [5.74, 6) is 4.13. The molecule has 2 aromatic rings. The van der Waals surface area contributed by atoms with Crippen LogP contribution in [0.3, 0.4) is 0 Å². The Morgan fingerprint density at radius 3 is 2.67 bits per heavy atom. The summed E-state index contributed by atoms with van der Waals surface area (Å²) < 4.78 is 5.92. The Morgan fingerprint density at radius 1 is 1.11 bits per heavy atom. The summed E-state index contributed by atoms with van der Waals surface area (Å²) in [4.78, 5) is 14.7. The smallest absolute Gasteiger partial charge is 0.227 e. The van der Waals surface area contributed by atoms with E-state index in [-0.39, 0.29) is 0 Å². The molecule has 0 atom stereocenters. The van der Waals surface area contributed by atoms with Gasteiger partial charge in [-0.25, -0.2) is 4.98 Å². The molecule has 2 fully saturated rings. The average Bonchev–Trinajstić information content (AvgIpc) is 3.16. The van der Waals surface area contributed by atoms with Gasteiger partial charge < -0.3 is 14.6 Å². The van der Waals surface area contributed by atoms with E-state index in [1.165, 1.54) is 36.9 Å². The normalized spacial score (nSPS) is 20.1. The number of hydrogen-bond donors (Lipinski definition) is 1. The van der Waals surface area contributed by atoms with Gasteiger partial charge in [0.25, 0.3) is 0 Å². The van der Waals surface area contributed by atoms with Crippen molar-refractivity contribution in [2.24, 2.45) is 0 Å². The van der Waals surface area contributed by atoms with Gasteiger partial charge in [0.2, 0.25) is 5.95 Å². The van der Waals surface area contributed by atoms with E-state index in [9.17, 15) is 0 Å². The SMILES string of the molecule is CCc1ccc(CN2CCc3nc(N4CCCC4)nc(NC4CC4)c3C2)o1. The van der Waals surface area contributed by atoms with Crippen LogP contribution in [-0.2, 0) is 25.9 Å². The molecule has 6 nitrogen and oxygen atoms in total. The molecule has 0 bridgehead atoms. The second-order valence-electron chi connectivity index (χ2n) is 8.09. The number of rotatable bonds is 6. The van der Waals surface area contributed by atoms with E-state index in [0.717, 1.165) is 68.9 Å². The van der Waals surface area contributed by atoms with Gasteiger partial charge in [0.15, 0.2) is 0 Å². The van der Waals surface area contributed by atoms with Gasteiger partial charge in [-0.15, -0.1) is 0 Å². The molecule has 0 radical (unpaired) electrons. The average molecular weight is 367 g/mol. The first-order valence-corrected chi connectivity index (χ1v) is 10.5. The monoisotopic (exact) mass is 367 g/mol. The van der Waals surface area contributed by atoms with E-state index in [0.29, 0.717) is 6.04 Å². The molecule has 1 saturated carbocycles. The van der Waals surface area contributed by atoms with E-state index < -0.39 is 0 Å². The molecule has 144 valence electrons. The quantitative estimate of drug-likeness (QED) is 0.845. The molecule has 1 saturated heterocycles. The summed E-state index contributed by atoms with van der Waals surface area (Å²) in [5, 5.41) is 3.68. The summed E-state index contributed by atoms with van der Waals surface area (Å²) in [6.07, 6.45) is 6.96. The predicted molar refractivity (Wildman–Crippen MR) is 106 cm³/mol. The van der Waals surface area contributed by atoms with Crippen molar-refractivity contribution >= 4 is 11.8 Å². The van der Waals surface area contributed by atoms with Crippen LogP contribution in [0.1, 0.15) is 55.4 Å². The van der Waals surface area contributed by atoms with E-state index in [1.807, 2.05) is 0 Å². The number of nitrogens with one attached hydrogen (secondary N) is 1. The first kappa shape index (κ1) is 17.0. The Kier molecular flexibility index (Phi) is 4.52. The maximum Gasteiger partial charge on any atom is 0.227 e. The Bertz CT molecular complexity index is 807. The lowest BCUT2D eigenvalue weighted by Crippen LogP contribution is -2.33. The Labute approximate surface area is 161 Å². The molecule has 1 N–H and O–H groups in total. The summed E-state index contributed by atoms with van der Waals surface area (Å²) in [7, 11) is 0. The Hall–Kier alpha value is -2.08. The highest BCUT2D eigenvalue weighted by Crippen LogP contribution is 2.32. The molecule has 27 heavy (non-hydrogen) atoms. The third kappa shape index (κ3) is 3.68. The number of aromatic nitrogens is 2.